The molecule has 0 saturated heterocycles. The van der Waals surface area contributed by atoms with Gasteiger partial charge in [0.25, 0.3) is 5.56 Å². The lowest BCUT2D eigenvalue weighted by Gasteiger charge is -2.16. The van der Waals surface area contributed by atoms with Gasteiger partial charge in [0.1, 0.15) is 11.4 Å². The molecule has 0 saturated carbocycles. The number of fused-ring (bicyclic) bond motifs is 2. The van der Waals surface area contributed by atoms with Crippen molar-refractivity contribution in [3.8, 4) is 11.1 Å². The molecule has 0 aliphatic heterocycles. The van der Waals surface area contributed by atoms with Gasteiger partial charge in [-0.3, -0.25) is 14.2 Å². The summed E-state index contributed by atoms with van der Waals surface area (Å²) in [5, 5.41) is 0.601. The molecule has 0 unspecified atom stereocenters. The Labute approximate surface area is 168 Å². The molecule has 2 heterocycles. The zero-order valence-corrected chi connectivity index (χ0v) is 17.1. The van der Waals surface area contributed by atoms with Crippen LogP contribution in [-0.4, -0.2) is 22.1 Å². The molecule has 6 heteroatoms. The molecular formula is C22H24N2O3S. The Morgan fingerprint density at radius 3 is 2.82 bits per heavy atom. The van der Waals surface area contributed by atoms with Crippen LogP contribution in [0, 0.1) is 6.92 Å². The molecule has 3 aromatic rings. The van der Waals surface area contributed by atoms with E-state index in [-0.39, 0.29) is 12.1 Å². The number of aryl methyl sites for hydroxylation is 3. The lowest BCUT2D eigenvalue weighted by molar-refractivity contribution is -0.144. The maximum atomic E-state index is 13.2. The molecule has 0 atom stereocenters. The number of hydrogen-bond acceptors (Lipinski definition) is 5. The standard InChI is InChI=1S/C22H24N2O3S/c1-3-10-27-18(25)12-24-13-23-21-20(22(24)26)19(14(2)28-21)17-9-8-15-6-4-5-7-16(15)11-17/h8-9,11,13H,3-7,10,12H2,1-2H3. The van der Waals surface area contributed by atoms with Crippen LogP contribution in [-0.2, 0) is 28.9 Å². The minimum Gasteiger partial charge on any atom is -0.464 e. The number of carbonyl (C=O) groups is 1. The highest BCUT2D eigenvalue weighted by Gasteiger charge is 2.19. The lowest BCUT2D eigenvalue weighted by Crippen LogP contribution is -2.25. The van der Waals surface area contributed by atoms with Crippen LogP contribution in [0.3, 0.4) is 0 Å². The zero-order chi connectivity index (χ0) is 19.7. The molecule has 2 aromatic heterocycles. The highest BCUT2D eigenvalue weighted by atomic mass is 32.1. The average Bonchev–Trinajstić information content (AvgIpc) is 3.05. The van der Waals surface area contributed by atoms with Gasteiger partial charge in [-0.2, -0.15) is 0 Å². The van der Waals surface area contributed by atoms with Crippen LogP contribution in [0.15, 0.2) is 29.3 Å². The first-order chi connectivity index (χ1) is 13.6. The van der Waals surface area contributed by atoms with Crippen molar-refractivity contribution in [1.82, 2.24) is 9.55 Å². The van der Waals surface area contributed by atoms with Gasteiger partial charge in [0.15, 0.2) is 0 Å². The molecule has 1 aliphatic carbocycles. The Morgan fingerprint density at radius 2 is 2.04 bits per heavy atom. The minimum atomic E-state index is -0.410. The van der Waals surface area contributed by atoms with E-state index in [4.69, 9.17) is 4.74 Å². The number of carbonyl (C=O) groups excluding carboxylic acids is 1. The van der Waals surface area contributed by atoms with E-state index in [9.17, 15) is 9.59 Å². The third-order valence-corrected chi connectivity index (χ3v) is 6.27. The van der Waals surface area contributed by atoms with Crippen molar-refractivity contribution in [2.45, 2.75) is 52.5 Å². The predicted molar refractivity (Wildman–Crippen MR) is 112 cm³/mol. The Balaban J connectivity index is 1.78. The van der Waals surface area contributed by atoms with E-state index in [1.54, 1.807) is 0 Å². The molecule has 0 amide bonds. The van der Waals surface area contributed by atoms with Crippen molar-refractivity contribution in [2.75, 3.05) is 6.61 Å². The molecule has 4 rings (SSSR count). The van der Waals surface area contributed by atoms with Gasteiger partial charge < -0.3 is 4.74 Å². The van der Waals surface area contributed by atoms with Gasteiger partial charge in [-0.25, -0.2) is 4.98 Å². The third kappa shape index (κ3) is 3.49. The molecule has 0 fully saturated rings. The molecule has 0 bridgehead atoms. The fourth-order valence-corrected chi connectivity index (χ4v) is 4.89. The summed E-state index contributed by atoms with van der Waals surface area (Å²) in [6.45, 7) is 4.22. The lowest BCUT2D eigenvalue weighted by atomic mass is 9.89. The number of esters is 1. The third-order valence-electron chi connectivity index (χ3n) is 5.26. The summed E-state index contributed by atoms with van der Waals surface area (Å²) in [4.78, 5) is 31.4. The quantitative estimate of drug-likeness (QED) is 0.605. The van der Waals surface area contributed by atoms with E-state index in [0.717, 1.165) is 35.3 Å². The Kier molecular flexibility index (Phi) is 5.31. The van der Waals surface area contributed by atoms with Crippen molar-refractivity contribution in [1.29, 1.82) is 0 Å². The number of hydrogen-bond donors (Lipinski definition) is 0. The number of aromatic nitrogens is 2. The van der Waals surface area contributed by atoms with Crippen LogP contribution in [0.4, 0.5) is 0 Å². The number of rotatable bonds is 5. The topological polar surface area (TPSA) is 61.2 Å². The van der Waals surface area contributed by atoms with E-state index < -0.39 is 5.97 Å². The van der Waals surface area contributed by atoms with E-state index >= 15 is 0 Å². The Hall–Kier alpha value is -2.47. The van der Waals surface area contributed by atoms with Crippen molar-refractivity contribution < 1.29 is 9.53 Å². The first kappa shape index (κ1) is 18.9. The predicted octanol–water partition coefficient (Wildman–Crippen LogP) is 4.27. The van der Waals surface area contributed by atoms with Crippen LogP contribution in [0.2, 0.25) is 0 Å². The summed E-state index contributed by atoms with van der Waals surface area (Å²) in [5.41, 5.74) is 4.63. The molecule has 28 heavy (non-hydrogen) atoms. The largest absolute Gasteiger partial charge is 0.464 e. The maximum Gasteiger partial charge on any atom is 0.326 e. The highest BCUT2D eigenvalue weighted by molar-refractivity contribution is 7.19. The molecular weight excluding hydrogens is 372 g/mol. The van der Waals surface area contributed by atoms with Crippen LogP contribution in [0.1, 0.15) is 42.2 Å². The zero-order valence-electron chi connectivity index (χ0n) is 16.3. The fraction of sp³-hybridized carbons (Fsp3) is 0.409. The highest BCUT2D eigenvalue weighted by Crippen LogP contribution is 2.37. The maximum absolute atomic E-state index is 13.2. The van der Waals surface area contributed by atoms with E-state index in [2.05, 4.69) is 23.2 Å². The fourth-order valence-electron chi connectivity index (χ4n) is 3.89. The van der Waals surface area contributed by atoms with E-state index in [1.807, 2.05) is 13.8 Å². The molecule has 1 aliphatic rings. The summed E-state index contributed by atoms with van der Waals surface area (Å²) in [5.74, 6) is -0.410. The Bertz CT molecular complexity index is 1100. The minimum absolute atomic E-state index is 0.111. The van der Waals surface area contributed by atoms with Crippen molar-refractivity contribution in [2.24, 2.45) is 0 Å². The number of thiophene rings is 1. The second kappa shape index (κ2) is 7.87. The monoisotopic (exact) mass is 396 g/mol. The average molecular weight is 397 g/mol. The van der Waals surface area contributed by atoms with Crippen molar-refractivity contribution in [3.05, 3.63) is 50.9 Å². The molecule has 0 spiro atoms. The van der Waals surface area contributed by atoms with Gasteiger partial charge in [-0.05, 0) is 55.7 Å². The summed E-state index contributed by atoms with van der Waals surface area (Å²) >= 11 is 1.53. The first-order valence-corrected chi connectivity index (χ1v) is 10.7. The van der Waals surface area contributed by atoms with Crippen LogP contribution in [0.25, 0.3) is 21.3 Å². The van der Waals surface area contributed by atoms with Crippen molar-refractivity contribution >= 4 is 27.5 Å². The van der Waals surface area contributed by atoms with Gasteiger partial charge in [0.2, 0.25) is 0 Å². The molecule has 146 valence electrons. The molecule has 1 aromatic carbocycles. The summed E-state index contributed by atoms with van der Waals surface area (Å²) < 4.78 is 6.48. The van der Waals surface area contributed by atoms with Gasteiger partial charge in [0.05, 0.1) is 18.3 Å². The molecule has 5 nitrogen and oxygen atoms in total. The van der Waals surface area contributed by atoms with Gasteiger partial charge in [0, 0.05) is 10.4 Å². The van der Waals surface area contributed by atoms with E-state index in [1.165, 1.54) is 46.2 Å². The summed E-state index contributed by atoms with van der Waals surface area (Å²) in [6, 6.07) is 6.55. The summed E-state index contributed by atoms with van der Waals surface area (Å²) in [7, 11) is 0. The number of nitrogens with zero attached hydrogens (tertiary/aromatic N) is 2. The SMILES string of the molecule is CCCOC(=O)Cn1cnc2sc(C)c(-c3ccc4c(c3)CCCC4)c2c1=O. The van der Waals surface area contributed by atoms with Gasteiger partial charge >= 0.3 is 5.97 Å². The van der Waals surface area contributed by atoms with Gasteiger partial charge in [-0.1, -0.05) is 25.1 Å². The number of benzene rings is 1. The van der Waals surface area contributed by atoms with Crippen molar-refractivity contribution in [3.63, 3.8) is 0 Å². The number of ether oxygens (including phenoxy) is 1. The second-order valence-corrected chi connectivity index (χ2v) is 8.51. The van der Waals surface area contributed by atoms with Gasteiger partial charge in [-0.15, -0.1) is 11.3 Å². The summed E-state index contributed by atoms with van der Waals surface area (Å²) in [6.07, 6.45) is 6.89. The molecule has 0 N–H and O–H groups in total. The Morgan fingerprint density at radius 1 is 1.25 bits per heavy atom. The van der Waals surface area contributed by atoms with Crippen LogP contribution in [0.5, 0.6) is 0 Å². The normalized spacial score (nSPS) is 13.5. The second-order valence-electron chi connectivity index (χ2n) is 7.30. The first-order valence-electron chi connectivity index (χ1n) is 9.84. The molecule has 0 radical (unpaired) electrons. The smallest absolute Gasteiger partial charge is 0.326 e. The van der Waals surface area contributed by atoms with E-state index in [0.29, 0.717) is 16.8 Å². The van der Waals surface area contributed by atoms with Crippen LogP contribution < -0.4 is 5.56 Å². The van der Waals surface area contributed by atoms with Crippen LogP contribution >= 0.6 is 11.3 Å².